The Morgan fingerprint density at radius 1 is 1.07 bits per heavy atom. The van der Waals surface area contributed by atoms with Gasteiger partial charge in [-0.3, -0.25) is 9.78 Å². The number of nitrogens with one attached hydrogen (secondary N) is 2. The Hall–Kier alpha value is -2.15. The first-order valence-electron chi connectivity index (χ1n) is 9.91. The smallest absolute Gasteiger partial charge is 0.253 e. The van der Waals surface area contributed by atoms with Gasteiger partial charge in [-0.1, -0.05) is 0 Å². The van der Waals surface area contributed by atoms with Crippen molar-refractivity contribution in [3.63, 3.8) is 0 Å². The SMILES string of the molecule is O=C(NC1CCC(NCC(F)F)CC1)c1cnc2cc(C3CC3)c(F)cc2c1. The van der Waals surface area contributed by atoms with E-state index >= 15 is 0 Å². The number of carbonyl (C=O) groups excluding carboxylic acids is 1. The first-order valence-corrected chi connectivity index (χ1v) is 9.91. The zero-order chi connectivity index (χ0) is 19.7. The Balaban J connectivity index is 1.37. The largest absolute Gasteiger partial charge is 0.349 e. The van der Waals surface area contributed by atoms with Gasteiger partial charge in [-0.05, 0) is 68.2 Å². The maximum absolute atomic E-state index is 14.3. The number of hydrogen-bond donors (Lipinski definition) is 2. The van der Waals surface area contributed by atoms with Crippen LogP contribution < -0.4 is 10.6 Å². The van der Waals surface area contributed by atoms with Gasteiger partial charge in [0.2, 0.25) is 0 Å². The molecule has 0 unspecified atom stereocenters. The van der Waals surface area contributed by atoms with E-state index in [9.17, 15) is 18.0 Å². The van der Waals surface area contributed by atoms with Gasteiger partial charge in [0.25, 0.3) is 12.3 Å². The van der Waals surface area contributed by atoms with Crippen molar-refractivity contribution >= 4 is 16.8 Å². The lowest BCUT2D eigenvalue weighted by atomic mass is 9.91. The summed E-state index contributed by atoms with van der Waals surface area (Å²) in [6.07, 6.45) is 4.21. The van der Waals surface area contributed by atoms with E-state index in [0.717, 1.165) is 44.1 Å². The standard InChI is InChI=1S/C21H24F3N3O/c22-18-8-13-7-14(10-26-19(13)9-17(18)12-1-2-12)21(28)27-16-5-3-15(4-6-16)25-11-20(23)24/h7-10,12,15-16,20,25H,1-6,11H2,(H,27,28). The van der Waals surface area contributed by atoms with E-state index < -0.39 is 6.43 Å². The van der Waals surface area contributed by atoms with E-state index in [1.165, 1.54) is 12.3 Å². The maximum Gasteiger partial charge on any atom is 0.253 e. The molecule has 2 saturated carbocycles. The second-order valence-corrected chi connectivity index (χ2v) is 7.89. The predicted octanol–water partition coefficient (Wildman–Crippen LogP) is 4.15. The van der Waals surface area contributed by atoms with Crippen LogP contribution in [0.2, 0.25) is 0 Å². The lowest BCUT2D eigenvalue weighted by Crippen LogP contribution is -2.43. The summed E-state index contributed by atoms with van der Waals surface area (Å²) in [5, 5.41) is 6.47. The molecule has 1 amide bonds. The van der Waals surface area contributed by atoms with Gasteiger partial charge in [0, 0.05) is 23.7 Å². The van der Waals surface area contributed by atoms with Gasteiger partial charge in [0.15, 0.2) is 0 Å². The fourth-order valence-corrected chi connectivity index (χ4v) is 3.96. The molecule has 2 aliphatic carbocycles. The molecule has 1 heterocycles. The first kappa shape index (κ1) is 19.2. The van der Waals surface area contributed by atoms with Gasteiger partial charge in [0.1, 0.15) is 5.82 Å². The third kappa shape index (κ3) is 4.46. The number of nitrogens with zero attached hydrogens (tertiary/aromatic N) is 1. The Morgan fingerprint density at radius 3 is 2.46 bits per heavy atom. The van der Waals surface area contributed by atoms with Crippen molar-refractivity contribution in [3.05, 3.63) is 41.3 Å². The molecule has 4 rings (SSSR count). The molecule has 2 aliphatic rings. The minimum Gasteiger partial charge on any atom is -0.349 e. The highest BCUT2D eigenvalue weighted by atomic mass is 19.3. The third-order valence-corrected chi connectivity index (χ3v) is 5.70. The van der Waals surface area contributed by atoms with E-state index in [4.69, 9.17) is 0 Å². The summed E-state index contributed by atoms with van der Waals surface area (Å²) in [7, 11) is 0. The highest BCUT2D eigenvalue weighted by Crippen LogP contribution is 2.42. The number of fused-ring (bicyclic) bond motifs is 1. The van der Waals surface area contributed by atoms with Crippen molar-refractivity contribution in [3.8, 4) is 0 Å². The number of alkyl halides is 2. The van der Waals surface area contributed by atoms with Crippen LogP contribution in [0.3, 0.4) is 0 Å². The number of amides is 1. The molecule has 7 heteroatoms. The molecule has 2 aromatic rings. The summed E-state index contributed by atoms with van der Waals surface area (Å²) in [5.41, 5.74) is 1.82. The maximum atomic E-state index is 14.3. The molecular formula is C21H24F3N3O. The van der Waals surface area contributed by atoms with E-state index in [-0.39, 0.29) is 30.4 Å². The molecule has 1 aromatic heterocycles. The summed E-state index contributed by atoms with van der Waals surface area (Å²) in [6.45, 7) is -0.288. The molecule has 150 valence electrons. The van der Waals surface area contributed by atoms with Crippen LogP contribution in [-0.4, -0.2) is 35.9 Å². The van der Waals surface area contributed by atoms with Crippen LogP contribution in [0.4, 0.5) is 13.2 Å². The number of carbonyl (C=O) groups is 1. The number of benzene rings is 1. The van der Waals surface area contributed by atoms with Crippen molar-refractivity contribution in [2.24, 2.45) is 0 Å². The van der Waals surface area contributed by atoms with Gasteiger partial charge in [-0.15, -0.1) is 0 Å². The molecule has 2 N–H and O–H groups in total. The van der Waals surface area contributed by atoms with Crippen LogP contribution in [0.1, 0.15) is 60.4 Å². The van der Waals surface area contributed by atoms with Crippen LogP contribution in [0.15, 0.2) is 24.4 Å². The highest BCUT2D eigenvalue weighted by molar-refractivity contribution is 5.97. The zero-order valence-electron chi connectivity index (χ0n) is 15.6. The van der Waals surface area contributed by atoms with Gasteiger partial charge < -0.3 is 10.6 Å². The number of halogens is 3. The average Bonchev–Trinajstić information content (AvgIpc) is 3.51. The average molecular weight is 391 g/mol. The van der Waals surface area contributed by atoms with E-state index in [2.05, 4.69) is 15.6 Å². The van der Waals surface area contributed by atoms with Crippen molar-refractivity contribution < 1.29 is 18.0 Å². The van der Waals surface area contributed by atoms with Gasteiger partial charge in [-0.25, -0.2) is 13.2 Å². The lowest BCUT2D eigenvalue weighted by molar-refractivity contribution is 0.0922. The molecule has 0 aliphatic heterocycles. The number of aromatic nitrogens is 1. The van der Waals surface area contributed by atoms with Crippen LogP contribution in [0, 0.1) is 5.82 Å². The van der Waals surface area contributed by atoms with E-state index in [1.54, 1.807) is 12.1 Å². The molecule has 0 spiro atoms. The van der Waals surface area contributed by atoms with Gasteiger partial charge in [-0.2, -0.15) is 0 Å². The molecule has 28 heavy (non-hydrogen) atoms. The summed E-state index contributed by atoms with van der Waals surface area (Å²) in [4.78, 5) is 16.9. The summed E-state index contributed by atoms with van der Waals surface area (Å²) < 4.78 is 38.8. The fourth-order valence-electron chi connectivity index (χ4n) is 3.96. The van der Waals surface area contributed by atoms with E-state index in [1.807, 2.05) is 0 Å². The van der Waals surface area contributed by atoms with Crippen molar-refractivity contribution in [1.29, 1.82) is 0 Å². The monoisotopic (exact) mass is 391 g/mol. The highest BCUT2D eigenvalue weighted by Gasteiger charge is 2.27. The Kier molecular flexibility index (Phi) is 5.53. The van der Waals surface area contributed by atoms with Gasteiger partial charge >= 0.3 is 0 Å². The van der Waals surface area contributed by atoms with Crippen LogP contribution >= 0.6 is 0 Å². The quantitative estimate of drug-likeness (QED) is 0.778. The molecule has 4 nitrogen and oxygen atoms in total. The molecular weight excluding hydrogens is 367 g/mol. The lowest BCUT2D eigenvalue weighted by Gasteiger charge is -2.29. The molecule has 0 saturated heterocycles. The van der Waals surface area contributed by atoms with Gasteiger partial charge in [0.05, 0.1) is 17.6 Å². The number of pyridine rings is 1. The second-order valence-electron chi connectivity index (χ2n) is 7.89. The Bertz CT molecular complexity index is 861. The Labute approximate surface area is 161 Å². The minimum absolute atomic E-state index is 0.0155. The minimum atomic E-state index is -2.34. The van der Waals surface area contributed by atoms with E-state index in [0.29, 0.717) is 22.4 Å². The van der Waals surface area contributed by atoms with Crippen molar-refractivity contribution in [2.75, 3.05) is 6.54 Å². The summed E-state index contributed by atoms with van der Waals surface area (Å²) >= 11 is 0. The molecule has 2 fully saturated rings. The number of hydrogen-bond acceptors (Lipinski definition) is 3. The topological polar surface area (TPSA) is 54.0 Å². The van der Waals surface area contributed by atoms with Crippen molar-refractivity contribution in [2.45, 2.75) is 63.0 Å². The van der Waals surface area contributed by atoms with Crippen molar-refractivity contribution in [1.82, 2.24) is 15.6 Å². The fraction of sp³-hybridized carbons (Fsp3) is 0.524. The van der Waals surface area contributed by atoms with Crippen LogP contribution in [0.25, 0.3) is 10.9 Å². The zero-order valence-corrected chi connectivity index (χ0v) is 15.6. The molecule has 0 radical (unpaired) electrons. The second kappa shape index (κ2) is 8.07. The summed E-state index contributed by atoms with van der Waals surface area (Å²) in [6, 6.07) is 5.02. The molecule has 0 bridgehead atoms. The van der Waals surface area contributed by atoms with Crippen LogP contribution in [-0.2, 0) is 0 Å². The number of rotatable bonds is 6. The predicted molar refractivity (Wildman–Crippen MR) is 101 cm³/mol. The molecule has 0 atom stereocenters. The van der Waals surface area contributed by atoms with Crippen LogP contribution in [0.5, 0.6) is 0 Å². The summed E-state index contributed by atoms with van der Waals surface area (Å²) in [5.74, 6) is -0.159. The Morgan fingerprint density at radius 2 is 1.79 bits per heavy atom. The normalized spacial score (nSPS) is 22.6. The first-order chi connectivity index (χ1) is 13.5. The third-order valence-electron chi connectivity index (χ3n) is 5.70. The molecule has 1 aromatic carbocycles.